The molecule has 2 N–H and O–H groups in total. The Morgan fingerprint density at radius 1 is 1.45 bits per heavy atom. The van der Waals surface area contributed by atoms with Crippen molar-refractivity contribution < 1.29 is 18.4 Å². The highest BCUT2D eigenvalue weighted by Gasteiger charge is 2.23. The van der Waals surface area contributed by atoms with E-state index in [0.717, 1.165) is 12.8 Å². The molecule has 2 rings (SSSR count). The summed E-state index contributed by atoms with van der Waals surface area (Å²) in [6, 6.07) is 3.09. The minimum Gasteiger partial charge on any atom is -0.352 e. The van der Waals surface area contributed by atoms with Crippen LogP contribution in [-0.2, 0) is 4.79 Å². The Morgan fingerprint density at radius 3 is 2.85 bits per heavy atom. The molecule has 0 radical (unpaired) electrons. The monoisotopic (exact) mass is 301 g/mol. The van der Waals surface area contributed by atoms with Gasteiger partial charge in [-0.25, -0.2) is 4.98 Å². The number of nitrogens with one attached hydrogen (secondary N) is 2. The van der Waals surface area contributed by atoms with Crippen molar-refractivity contribution in [2.45, 2.75) is 29.7 Å². The molecule has 1 heterocycles. The third-order valence-corrected chi connectivity index (χ3v) is 3.30. The van der Waals surface area contributed by atoms with Gasteiger partial charge >= 0.3 is 0 Å². The first-order valence-corrected chi connectivity index (χ1v) is 6.91. The van der Waals surface area contributed by atoms with Gasteiger partial charge in [0.15, 0.2) is 0 Å². The summed E-state index contributed by atoms with van der Waals surface area (Å²) in [4.78, 5) is 27.0. The molecular formula is C12H13F2N3O2S. The SMILES string of the molecule is O=C(CNC(=O)c1cccnc1SC(F)F)NC1CC1. The zero-order valence-electron chi connectivity index (χ0n) is 10.4. The molecule has 8 heteroatoms. The normalized spacial score (nSPS) is 14.2. The van der Waals surface area contributed by atoms with Crippen LogP contribution < -0.4 is 10.6 Å². The Hall–Kier alpha value is -1.70. The highest BCUT2D eigenvalue weighted by Crippen LogP contribution is 2.26. The molecule has 108 valence electrons. The van der Waals surface area contributed by atoms with Crippen molar-refractivity contribution in [3.8, 4) is 0 Å². The van der Waals surface area contributed by atoms with Crippen LogP contribution >= 0.6 is 11.8 Å². The van der Waals surface area contributed by atoms with Crippen molar-refractivity contribution >= 4 is 23.6 Å². The van der Waals surface area contributed by atoms with Crippen LogP contribution in [0.4, 0.5) is 8.78 Å². The Labute approximate surface area is 118 Å². The summed E-state index contributed by atoms with van der Waals surface area (Å²) >= 11 is 0.202. The largest absolute Gasteiger partial charge is 0.352 e. The molecule has 2 amide bonds. The summed E-state index contributed by atoms with van der Waals surface area (Å²) in [6.45, 7) is -0.178. The number of carbonyl (C=O) groups is 2. The fourth-order valence-electron chi connectivity index (χ4n) is 1.50. The molecule has 20 heavy (non-hydrogen) atoms. The van der Waals surface area contributed by atoms with E-state index in [0.29, 0.717) is 0 Å². The molecule has 1 aromatic rings. The van der Waals surface area contributed by atoms with Crippen LogP contribution in [-0.4, -0.2) is 35.1 Å². The van der Waals surface area contributed by atoms with Gasteiger partial charge in [-0.05, 0) is 36.7 Å². The van der Waals surface area contributed by atoms with E-state index in [1.165, 1.54) is 18.3 Å². The number of carbonyl (C=O) groups excluding carboxylic acids is 2. The van der Waals surface area contributed by atoms with E-state index in [1.807, 2.05) is 0 Å². The number of hydrogen-bond donors (Lipinski definition) is 2. The number of amides is 2. The molecule has 1 fully saturated rings. The second-order valence-corrected chi connectivity index (χ2v) is 5.24. The van der Waals surface area contributed by atoms with Gasteiger partial charge in [0.25, 0.3) is 11.7 Å². The van der Waals surface area contributed by atoms with Crippen molar-refractivity contribution in [1.82, 2.24) is 15.6 Å². The number of thioether (sulfide) groups is 1. The van der Waals surface area contributed by atoms with Crippen LogP contribution in [0.5, 0.6) is 0 Å². The van der Waals surface area contributed by atoms with E-state index >= 15 is 0 Å². The predicted molar refractivity (Wildman–Crippen MR) is 69.6 cm³/mol. The van der Waals surface area contributed by atoms with E-state index in [-0.39, 0.29) is 40.8 Å². The van der Waals surface area contributed by atoms with Gasteiger partial charge in [-0.3, -0.25) is 9.59 Å². The van der Waals surface area contributed by atoms with Crippen LogP contribution in [0, 0.1) is 0 Å². The van der Waals surface area contributed by atoms with Gasteiger partial charge in [-0.2, -0.15) is 8.78 Å². The van der Waals surface area contributed by atoms with Crippen LogP contribution in [0.15, 0.2) is 23.4 Å². The van der Waals surface area contributed by atoms with Crippen LogP contribution in [0.2, 0.25) is 0 Å². The van der Waals surface area contributed by atoms with Gasteiger partial charge in [0, 0.05) is 12.2 Å². The van der Waals surface area contributed by atoms with Crippen molar-refractivity contribution in [2.24, 2.45) is 0 Å². The Bertz CT molecular complexity index is 509. The number of alkyl halides is 2. The lowest BCUT2D eigenvalue weighted by Gasteiger charge is -2.08. The number of pyridine rings is 1. The second-order valence-electron chi connectivity index (χ2n) is 4.26. The molecule has 0 aliphatic heterocycles. The number of halogens is 2. The number of aromatic nitrogens is 1. The molecule has 1 aliphatic carbocycles. The van der Waals surface area contributed by atoms with Crippen LogP contribution in [0.25, 0.3) is 0 Å². The summed E-state index contributed by atoms with van der Waals surface area (Å²) in [5.74, 6) is -3.53. The average Bonchev–Trinajstić information content (AvgIpc) is 3.20. The molecule has 0 saturated heterocycles. The third kappa shape index (κ3) is 4.44. The zero-order chi connectivity index (χ0) is 14.5. The Morgan fingerprint density at radius 2 is 2.20 bits per heavy atom. The average molecular weight is 301 g/mol. The molecule has 5 nitrogen and oxygen atoms in total. The molecule has 0 aromatic carbocycles. The maximum atomic E-state index is 12.4. The van der Waals surface area contributed by atoms with Crippen LogP contribution in [0.3, 0.4) is 0 Å². The first kappa shape index (κ1) is 14.7. The maximum Gasteiger partial charge on any atom is 0.290 e. The van der Waals surface area contributed by atoms with Gasteiger partial charge in [-0.15, -0.1) is 0 Å². The summed E-state index contributed by atoms with van der Waals surface area (Å²) in [7, 11) is 0. The molecule has 0 unspecified atom stereocenters. The lowest BCUT2D eigenvalue weighted by Crippen LogP contribution is -2.38. The lowest BCUT2D eigenvalue weighted by molar-refractivity contribution is -0.120. The Kier molecular flexibility index (Phi) is 4.89. The van der Waals surface area contributed by atoms with Crippen LogP contribution in [0.1, 0.15) is 23.2 Å². The summed E-state index contributed by atoms with van der Waals surface area (Å²) in [6.07, 6.45) is 3.25. The molecule has 1 aliphatic rings. The zero-order valence-corrected chi connectivity index (χ0v) is 11.3. The van der Waals surface area contributed by atoms with Crippen molar-refractivity contribution in [3.63, 3.8) is 0 Å². The van der Waals surface area contributed by atoms with Gasteiger partial charge in [0.05, 0.1) is 12.1 Å². The fourth-order valence-corrected chi connectivity index (χ4v) is 2.08. The van der Waals surface area contributed by atoms with E-state index in [4.69, 9.17) is 0 Å². The molecule has 0 atom stereocenters. The van der Waals surface area contributed by atoms with Gasteiger partial charge in [-0.1, -0.05) is 0 Å². The minimum absolute atomic E-state index is 0.0389. The van der Waals surface area contributed by atoms with Gasteiger partial charge in [0.1, 0.15) is 5.03 Å². The van der Waals surface area contributed by atoms with E-state index < -0.39 is 11.7 Å². The fraction of sp³-hybridized carbons (Fsp3) is 0.417. The third-order valence-electron chi connectivity index (χ3n) is 2.57. The summed E-state index contributed by atoms with van der Waals surface area (Å²) in [5, 5.41) is 5.06. The standard InChI is InChI=1S/C12H13F2N3O2S/c13-12(14)20-11-8(2-1-5-15-11)10(19)16-6-9(18)17-7-3-4-7/h1-2,5,7,12H,3-4,6H2,(H,16,19)(H,17,18). The van der Waals surface area contributed by atoms with Crippen molar-refractivity contribution in [3.05, 3.63) is 23.9 Å². The molecular weight excluding hydrogens is 288 g/mol. The van der Waals surface area contributed by atoms with E-state index in [2.05, 4.69) is 15.6 Å². The van der Waals surface area contributed by atoms with Crippen molar-refractivity contribution in [1.29, 1.82) is 0 Å². The summed E-state index contributed by atoms with van der Waals surface area (Å²) in [5.41, 5.74) is 0.0389. The lowest BCUT2D eigenvalue weighted by atomic mass is 10.2. The smallest absolute Gasteiger partial charge is 0.290 e. The number of nitrogens with zero attached hydrogens (tertiary/aromatic N) is 1. The number of hydrogen-bond acceptors (Lipinski definition) is 4. The quantitative estimate of drug-likeness (QED) is 0.779. The van der Waals surface area contributed by atoms with Gasteiger partial charge in [0.2, 0.25) is 5.91 Å². The molecule has 0 spiro atoms. The highest BCUT2D eigenvalue weighted by atomic mass is 32.2. The highest BCUT2D eigenvalue weighted by molar-refractivity contribution is 7.99. The summed E-state index contributed by atoms with van der Waals surface area (Å²) < 4.78 is 24.7. The van der Waals surface area contributed by atoms with E-state index in [1.54, 1.807) is 0 Å². The minimum atomic E-state index is -2.66. The number of rotatable bonds is 6. The molecule has 1 aromatic heterocycles. The molecule has 0 bridgehead atoms. The predicted octanol–water partition coefficient (Wildman–Crippen LogP) is 1.40. The van der Waals surface area contributed by atoms with E-state index in [9.17, 15) is 18.4 Å². The van der Waals surface area contributed by atoms with Gasteiger partial charge < -0.3 is 10.6 Å². The Balaban J connectivity index is 1.92. The first-order chi connectivity index (χ1) is 9.56. The maximum absolute atomic E-state index is 12.4. The molecule has 1 saturated carbocycles. The topological polar surface area (TPSA) is 71.1 Å². The van der Waals surface area contributed by atoms with Crippen molar-refractivity contribution in [2.75, 3.05) is 6.54 Å². The second kappa shape index (κ2) is 6.65. The first-order valence-electron chi connectivity index (χ1n) is 6.03.